The minimum atomic E-state index is -1.24. The molecule has 5 aliphatic rings. The quantitative estimate of drug-likeness (QED) is 0.0987. The number of nitrogens with one attached hydrogen (secondary N) is 3. The van der Waals surface area contributed by atoms with Gasteiger partial charge in [-0.2, -0.15) is 0 Å². The van der Waals surface area contributed by atoms with E-state index in [0.29, 0.717) is 30.2 Å². The highest BCUT2D eigenvalue weighted by molar-refractivity contribution is 9.10. The fourth-order valence-electron chi connectivity index (χ4n) is 8.48. The molecule has 324 valence electrons. The summed E-state index contributed by atoms with van der Waals surface area (Å²) < 4.78 is 29.9. The van der Waals surface area contributed by atoms with E-state index in [9.17, 15) is 24.0 Å². The van der Waals surface area contributed by atoms with Crippen LogP contribution in [0.3, 0.4) is 0 Å². The molecule has 2 saturated heterocycles. The van der Waals surface area contributed by atoms with Crippen LogP contribution in [0.25, 0.3) is 10.9 Å². The van der Waals surface area contributed by atoms with Crippen molar-refractivity contribution in [2.24, 2.45) is 11.8 Å². The monoisotopic (exact) mass is 892 g/mol. The Morgan fingerprint density at radius 2 is 1.83 bits per heavy atom. The number of unbranched alkanes of at least 4 members (excludes halogenated alkanes) is 1. The second kappa shape index (κ2) is 18.1. The first-order valence-corrected chi connectivity index (χ1v) is 22.3. The second-order valence-corrected chi connectivity index (χ2v) is 18.6. The van der Waals surface area contributed by atoms with Gasteiger partial charge in [0.15, 0.2) is 0 Å². The van der Waals surface area contributed by atoms with E-state index >= 15 is 0 Å². The van der Waals surface area contributed by atoms with Crippen molar-refractivity contribution in [3.05, 3.63) is 63.2 Å². The van der Waals surface area contributed by atoms with Gasteiger partial charge in [0.25, 0.3) is 0 Å². The molecule has 3 amide bonds. The molecular weight excluding hydrogens is 835 g/mol. The van der Waals surface area contributed by atoms with Crippen molar-refractivity contribution in [3.63, 3.8) is 0 Å². The number of benzene rings is 1. The van der Waals surface area contributed by atoms with Crippen LogP contribution in [0.15, 0.2) is 57.7 Å². The average molecular weight is 894 g/mol. The molecule has 16 heteroatoms. The van der Waals surface area contributed by atoms with Crippen LogP contribution in [0.1, 0.15) is 105 Å². The molecule has 0 spiro atoms. The van der Waals surface area contributed by atoms with Crippen LogP contribution in [0.2, 0.25) is 0 Å². The zero-order chi connectivity index (χ0) is 42.8. The molecule has 60 heavy (non-hydrogen) atoms. The number of pyridine rings is 1. The Hall–Kier alpha value is -4.15. The van der Waals surface area contributed by atoms with Gasteiger partial charge in [0.2, 0.25) is 23.1 Å². The van der Waals surface area contributed by atoms with E-state index in [1.54, 1.807) is 31.2 Å². The van der Waals surface area contributed by atoms with Crippen molar-refractivity contribution in [1.82, 2.24) is 20.5 Å². The number of ether oxygens (including phenoxy) is 3. The van der Waals surface area contributed by atoms with Crippen molar-refractivity contribution < 1.29 is 42.7 Å². The molecule has 3 aliphatic heterocycles. The van der Waals surface area contributed by atoms with Crippen LogP contribution in [-0.2, 0) is 33.2 Å². The predicted molar refractivity (Wildman–Crippen MR) is 229 cm³/mol. The standard InChI is InChI=1S/C44H58BBrN4O10/c1-6-56-40(54)44-25-28(44)18-12-8-7-9-13-21-32(48-41(55)58-34-23-27(34)17-11-10-16-22-45-59-42(2,3)43(4,5)60-45)39(53)50-26-29(24-33(50)37(52)49-44)57-38-35(46)36(51)30-19-14-15-20-31(30)47-38/h12,14-16,18-20,22,27-29,32-34H,6-11,13,17,21,23-26H2,1-5H3,(H,47,51)(H,48,55)(H,49,52)/b18-12-,22-16+/t27-,28-,29-,32+,33+,34-,44-/m1/s1. The number of amides is 3. The van der Waals surface area contributed by atoms with E-state index in [1.165, 1.54) is 4.90 Å². The number of hydrogen-bond donors (Lipinski definition) is 3. The van der Waals surface area contributed by atoms with E-state index in [-0.39, 0.29) is 71.6 Å². The topological polar surface area (TPSA) is 175 Å². The smallest absolute Gasteiger partial charge is 0.473 e. The van der Waals surface area contributed by atoms with Crippen LogP contribution in [0.5, 0.6) is 5.88 Å². The summed E-state index contributed by atoms with van der Waals surface area (Å²) >= 11 is 3.39. The number of esters is 1. The lowest BCUT2D eigenvalue weighted by Gasteiger charge is -2.32. The van der Waals surface area contributed by atoms with Crippen molar-refractivity contribution in [3.8, 4) is 5.88 Å². The van der Waals surface area contributed by atoms with Gasteiger partial charge in [0.1, 0.15) is 34.3 Å². The molecule has 7 rings (SSSR count). The number of carbonyl (C=O) groups is 4. The van der Waals surface area contributed by atoms with Crippen molar-refractivity contribution in [2.45, 2.75) is 146 Å². The Morgan fingerprint density at radius 1 is 1.07 bits per heavy atom. The molecule has 4 fully saturated rings. The Kier molecular flexibility index (Phi) is 13.2. The summed E-state index contributed by atoms with van der Waals surface area (Å²) in [5, 5.41) is 6.31. The molecule has 0 bridgehead atoms. The molecule has 0 radical (unpaired) electrons. The molecule has 2 aromatic rings. The number of hydrogen-bond acceptors (Lipinski definition) is 10. The molecule has 1 aromatic carbocycles. The van der Waals surface area contributed by atoms with Crippen LogP contribution in [0, 0.1) is 11.8 Å². The first-order chi connectivity index (χ1) is 28.6. The van der Waals surface area contributed by atoms with Gasteiger partial charge in [0.05, 0.1) is 29.9 Å². The van der Waals surface area contributed by atoms with Crippen LogP contribution in [0.4, 0.5) is 4.79 Å². The Balaban J connectivity index is 1.02. The van der Waals surface area contributed by atoms with Gasteiger partial charge in [-0.25, -0.2) is 9.59 Å². The van der Waals surface area contributed by atoms with Crippen LogP contribution in [-0.4, -0.2) is 95.1 Å². The predicted octanol–water partition coefficient (Wildman–Crippen LogP) is 6.44. The number of para-hydroxylation sites is 1. The number of H-pyrrole nitrogens is 1. The SMILES string of the molecule is CCOC(=O)[C@@]12C[C@H]1/C=C\CCCCC[C@H](NC(=O)O[C@@H]1C[C@H]1CCC/C=C/B1OC(C)(C)C(C)(C)O1)C(=O)N1C[C@H](Oc3[nH]c4ccccc4c(=O)c3Br)C[C@H]1C(=O)N2. The van der Waals surface area contributed by atoms with E-state index in [2.05, 4.69) is 37.6 Å². The number of rotatable bonds is 11. The Morgan fingerprint density at radius 3 is 2.60 bits per heavy atom. The number of aromatic amines is 1. The lowest BCUT2D eigenvalue weighted by Crippen LogP contribution is -2.56. The fourth-order valence-corrected chi connectivity index (χ4v) is 8.89. The lowest BCUT2D eigenvalue weighted by molar-refractivity contribution is -0.150. The lowest BCUT2D eigenvalue weighted by atomic mass is 9.89. The maximum absolute atomic E-state index is 14.6. The Labute approximate surface area is 360 Å². The summed E-state index contributed by atoms with van der Waals surface area (Å²) in [5.74, 6) is 0.643. The average Bonchev–Trinajstić information content (AvgIpc) is 4.04. The first kappa shape index (κ1) is 43.9. The highest BCUT2D eigenvalue weighted by Gasteiger charge is 2.62. The molecular formula is C44H58BBrN4O10. The fraction of sp³-hybridized carbons (Fsp3) is 0.614. The van der Waals surface area contributed by atoms with E-state index in [4.69, 9.17) is 23.5 Å². The highest BCUT2D eigenvalue weighted by atomic mass is 79.9. The van der Waals surface area contributed by atoms with Crippen molar-refractivity contribution >= 4 is 57.8 Å². The molecule has 2 aliphatic carbocycles. The third kappa shape index (κ3) is 9.65. The third-order valence-corrected chi connectivity index (χ3v) is 13.6. The van der Waals surface area contributed by atoms with Gasteiger partial charge in [0, 0.05) is 17.7 Å². The molecule has 4 heterocycles. The number of nitrogens with zero attached hydrogens (tertiary/aromatic N) is 1. The van der Waals surface area contributed by atoms with Gasteiger partial charge in [-0.15, -0.1) is 0 Å². The summed E-state index contributed by atoms with van der Waals surface area (Å²) in [6.07, 6.45) is 11.8. The number of alkyl carbamates (subject to hydrolysis) is 1. The number of fused-ring (bicyclic) bond motifs is 3. The maximum Gasteiger partial charge on any atom is 0.486 e. The van der Waals surface area contributed by atoms with E-state index < -0.39 is 47.6 Å². The number of halogens is 1. The minimum absolute atomic E-state index is 0.00511. The number of aromatic nitrogens is 1. The summed E-state index contributed by atoms with van der Waals surface area (Å²) in [6, 6.07) is 5.04. The summed E-state index contributed by atoms with van der Waals surface area (Å²) in [6.45, 7) is 9.97. The number of allylic oxidation sites excluding steroid dienone is 2. The third-order valence-electron chi connectivity index (χ3n) is 12.9. The molecule has 14 nitrogen and oxygen atoms in total. The van der Waals surface area contributed by atoms with Gasteiger partial charge < -0.3 is 44.0 Å². The summed E-state index contributed by atoms with van der Waals surface area (Å²) in [4.78, 5) is 73.4. The molecule has 1 aromatic heterocycles. The van der Waals surface area contributed by atoms with Gasteiger partial charge in [-0.05, 0) is 120 Å². The molecule has 3 N–H and O–H groups in total. The normalized spacial score (nSPS) is 30.4. The zero-order valence-corrected chi connectivity index (χ0v) is 36.8. The van der Waals surface area contributed by atoms with Crippen LogP contribution < -0.4 is 20.8 Å². The van der Waals surface area contributed by atoms with Crippen molar-refractivity contribution in [2.75, 3.05) is 13.2 Å². The number of carbonyl (C=O) groups excluding carboxylic acids is 4. The van der Waals surface area contributed by atoms with E-state index in [0.717, 1.165) is 44.9 Å². The minimum Gasteiger partial charge on any atom is -0.473 e. The summed E-state index contributed by atoms with van der Waals surface area (Å²) in [7, 11) is -0.378. The molecule has 2 saturated carbocycles. The van der Waals surface area contributed by atoms with E-state index in [1.807, 2.05) is 45.8 Å². The molecule has 7 atom stereocenters. The summed E-state index contributed by atoms with van der Waals surface area (Å²) in [5.41, 5.74) is -1.70. The largest absolute Gasteiger partial charge is 0.486 e. The van der Waals surface area contributed by atoms with Gasteiger partial charge in [-0.1, -0.05) is 49.2 Å². The van der Waals surface area contributed by atoms with Crippen molar-refractivity contribution in [1.29, 1.82) is 0 Å². The maximum atomic E-state index is 14.6. The first-order valence-electron chi connectivity index (χ1n) is 21.6. The Bertz CT molecular complexity index is 2060. The van der Waals surface area contributed by atoms with Gasteiger partial charge >= 0.3 is 19.2 Å². The van der Waals surface area contributed by atoms with Crippen LogP contribution >= 0.6 is 15.9 Å². The zero-order valence-electron chi connectivity index (χ0n) is 35.3. The second-order valence-electron chi connectivity index (χ2n) is 17.8. The molecule has 0 unspecified atom stereocenters. The van der Waals surface area contributed by atoms with Gasteiger partial charge in [-0.3, -0.25) is 14.4 Å². The highest BCUT2D eigenvalue weighted by Crippen LogP contribution is 2.46.